The molecular weight excluding hydrogens is 666 g/mol. The molecular formula is C32H31F4NO10S. The predicted molar refractivity (Wildman–Crippen MR) is 160 cm³/mol. The maximum absolute atomic E-state index is 13.5. The van der Waals surface area contributed by atoms with E-state index >= 15 is 0 Å². The van der Waals surface area contributed by atoms with Gasteiger partial charge in [-0.05, 0) is 65.9 Å². The molecule has 11 nitrogen and oxygen atoms in total. The Kier molecular flexibility index (Phi) is 10.8. The maximum Gasteiger partial charge on any atom is 0.534 e. The van der Waals surface area contributed by atoms with Crippen LogP contribution in [0.2, 0.25) is 0 Å². The van der Waals surface area contributed by atoms with Crippen molar-refractivity contribution in [1.82, 2.24) is 0 Å². The summed E-state index contributed by atoms with van der Waals surface area (Å²) in [6.45, 7) is 1.20. The van der Waals surface area contributed by atoms with E-state index in [0.29, 0.717) is 11.1 Å². The standard InChI is InChI=1S/C32H31F4NO10S/c1-19(38)45-17-31(42,18-46-20(2)39)23-7-3-22(4-8-23)29-27(15-16-28(40)21-5-9-24(33)10-6-21)30(41)37(29)25-11-13-26(14-12-25)47-48(43,44)32(34,35)36/h3-14,27-29,40,42H,15-18H2,1-2H3/t27-,28+,29-/m1/s1. The fourth-order valence-corrected chi connectivity index (χ4v) is 5.62. The number of nitrogens with zero attached hydrogens (tertiary/aromatic N) is 1. The van der Waals surface area contributed by atoms with Gasteiger partial charge >= 0.3 is 27.6 Å². The number of benzene rings is 3. The molecule has 4 rings (SSSR count). The molecule has 1 heterocycles. The molecule has 0 bridgehead atoms. The van der Waals surface area contributed by atoms with E-state index in [1.54, 1.807) is 12.1 Å². The Morgan fingerprint density at radius 1 is 0.896 bits per heavy atom. The summed E-state index contributed by atoms with van der Waals surface area (Å²) in [4.78, 5) is 37.7. The molecule has 48 heavy (non-hydrogen) atoms. The summed E-state index contributed by atoms with van der Waals surface area (Å²) in [6, 6.07) is 15.0. The van der Waals surface area contributed by atoms with Gasteiger partial charge in [0.05, 0.1) is 18.1 Å². The average Bonchev–Trinajstić information content (AvgIpc) is 3.02. The van der Waals surface area contributed by atoms with Crippen LogP contribution in [0.25, 0.3) is 0 Å². The fraction of sp³-hybridized carbons (Fsp3) is 0.344. The van der Waals surface area contributed by atoms with Gasteiger partial charge in [0.1, 0.15) is 24.8 Å². The lowest BCUT2D eigenvalue weighted by Crippen LogP contribution is -2.55. The van der Waals surface area contributed by atoms with Gasteiger partial charge in [-0.2, -0.15) is 21.6 Å². The first-order valence-electron chi connectivity index (χ1n) is 14.4. The number of aliphatic hydroxyl groups is 2. The molecule has 1 fully saturated rings. The monoisotopic (exact) mass is 697 g/mol. The Balaban J connectivity index is 1.63. The van der Waals surface area contributed by atoms with Crippen molar-refractivity contribution in [3.63, 3.8) is 0 Å². The van der Waals surface area contributed by atoms with E-state index in [1.165, 1.54) is 53.4 Å². The van der Waals surface area contributed by atoms with Crippen molar-refractivity contribution in [2.24, 2.45) is 5.92 Å². The summed E-state index contributed by atoms with van der Waals surface area (Å²) in [6.07, 6.45) is -0.759. The summed E-state index contributed by atoms with van der Waals surface area (Å²) in [5.41, 5.74) is -6.20. The van der Waals surface area contributed by atoms with E-state index in [-0.39, 0.29) is 24.1 Å². The average molecular weight is 698 g/mol. The number of aliphatic hydroxyl groups excluding tert-OH is 1. The van der Waals surface area contributed by atoms with Gasteiger partial charge < -0.3 is 28.8 Å². The van der Waals surface area contributed by atoms with E-state index < -0.39 is 81.9 Å². The third-order valence-electron chi connectivity index (χ3n) is 7.64. The van der Waals surface area contributed by atoms with E-state index in [9.17, 15) is 50.6 Å². The first-order valence-corrected chi connectivity index (χ1v) is 15.8. The molecule has 1 aliphatic heterocycles. The topological polar surface area (TPSA) is 157 Å². The van der Waals surface area contributed by atoms with Crippen molar-refractivity contribution < 1.29 is 64.2 Å². The normalized spacial score (nSPS) is 17.3. The summed E-state index contributed by atoms with van der Waals surface area (Å²) < 4.78 is 88.6. The lowest BCUT2D eigenvalue weighted by atomic mass is 9.77. The Hall–Kier alpha value is -4.54. The third kappa shape index (κ3) is 8.29. The molecule has 3 aromatic carbocycles. The highest BCUT2D eigenvalue weighted by molar-refractivity contribution is 7.88. The van der Waals surface area contributed by atoms with Crippen LogP contribution in [0, 0.1) is 11.7 Å². The number of hydrogen-bond donors (Lipinski definition) is 2. The van der Waals surface area contributed by atoms with Crippen LogP contribution in [0.5, 0.6) is 5.75 Å². The highest BCUT2D eigenvalue weighted by atomic mass is 32.2. The molecule has 1 aliphatic rings. The minimum absolute atomic E-state index is 0.108. The van der Waals surface area contributed by atoms with Crippen molar-refractivity contribution in [1.29, 1.82) is 0 Å². The van der Waals surface area contributed by atoms with Gasteiger partial charge in [-0.1, -0.05) is 36.4 Å². The molecule has 16 heteroatoms. The summed E-state index contributed by atoms with van der Waals surface area (Å²) in [5.74, 6) is -3.62. The van der Waals surface area contributed by atoms with Crippen LogP contribution < -0.4 is 9.08 Å². The molecule has 258 valence electrons. The van der Waals surface area contributed by atoms with Crippen molar-refractivity contribution in [2.45, 2.75) is 49.9 Å². The maximum atomic E-state index is 13.5. The zero-order valence-corrected chi connectivity index (χ0v) is 26.3. The number of alkyl halides is 3. The zero-order valence-electron chi connectivity index (χ0n) is 25.5. The van der Waals surface area contributed by atoms with Gasteiger partial charge in [-0.15, -0.1) is 0 Å². The molecule has 3 aromatic rings. The van der Waals surface area contributed by atoms with Crippen LogP contribution in [0.4, 0.5) is 23.2 Å². The van der Waals surface area contributed by atoms with Crippen LogP contribution in [-0.4, -0.2) is 55.2 Å². The second-order valence-corrected chi connectivity index (χ2v) is 12.6. The number of β-lactam (4-membered cyclic amide) rings is 1. The van der Waals surface area contributed by atoms with Crippen LogP contribution in [0.15, 0.2) is 72.8 Å². The molecule has 0 unspecified atom stereocenters. The van der Waals surface area contributed by atoms with Crippen LogP contribution >= 0.6 is 0 Å². The highest BCUT2D eigenvalue weighted by Gasteiger charge is 2.50. The minimum Gasteiger partial charge on any atom is -0.462 e. The van der Waals surface area contributed by atoms with Crippen LogP contribution in [0.3, 0.4) is 0 Å². The van der Waals surface area contributed by atoms with Crippen molar-refractivity contribution >= 4 is 33.7 Å². The lowest BCUT2D eigenvalue weighted by Gasteiger charge is -2.48. The number of ether oxygens (including phenoxy) is 2. The summed E-state index contributed by atoms with van der Waals surface area (Å²) in [7, 11) is -5.92. The molecule has 1 saturated heterocycles. The second-order valence-electron chi connectivity index (χ2n) is 11.1. The molecule has 3 atom stereocenters. The number of halogens is 4. The zero-order chi connectivity index (χ0) is 35.4. The largest absolute Gasteiger partial charge is 0.534 e. The number of anilines is 1. The van der Waals surface area contributed by atoms with E-state index in [0.717, 1.165) is 26.0 Å². The predicted octanol–water partition coefficient (Wildman–Crippen LogP) is 4.59. The summed E-state index contributed by atoms with van der Waals surface area (Å²) in [5, 5.41) is 21.9. The highest BCUT2D eigenvalue weighted by Crippen LogP contribution is 2.47. The number of rotatable bonds is 13. The minimum atomic E-state index is -5.92. The number of hydrogen-bond acceptors (Lipinski definition) is 10. The van der Waals surface area contributed by atoms with Crippen molar-refractivity contribution in [2.75, 3.05) is 18.1 Å². The van der Waals surface area contributed by atoms with Gasteiger partial charge in [0.15, 0.2) is 5.60 Å². The Morgan fingerprint density at radius 2 is 1.44 bits per heavy atom. The molecule has 1 amide bonds. The van der Waals surface area contributed by atoms with Crippen molar-refractivity contribution in [3.05, 3.63) is 95.3 Å². The fourth-order valence-electron chi connectivity index (χ4n) is 5.17. The van der Waals surface area contributed by atoms with Crippen LogP contribution in [0.1, 0.15) is 55.5 Å². The lowest BCUT2D eigenvalue weighted by molar-refractivity contribution is -0.161. The van der Waals surface area contributed by atoms with Gasteiger partial charge in [-0.25, -0.2) is 4.39 Å². The smallest absolute Gasteiger partial charge is 0.462 e. The number of carbonyl (C=O) groups excluding carboxylic acids is 3. The Bertz CT molecular complexity index is 1710. The molecule has 0 aromatic heterocycles. The van der Waals surface area contributed by atoms with Gasteiger partial charge in [0, 0.05) is 19.5 Å². The van der Waals surface area contributed by atoms with Crippen LogP contribution in [-0.2, 0) is 39.6 Å². The number of amides is 1. The second kappa shape index (κ2) is 14.3. The van der Waals surface area contributed by atoms with Crippen molar-refractivity contribution in [3.8, 4) is 5.75 Å². The number of esters is 2. The molecule has 0 spiro atoms. The van der Waals surface area contributed by atoms with E-state index in [2.05, 4.69) is 4.18 Å². The Labute approximate surface area is 272 Å². The quantitative estimate of drug-likeness (QED) is 0.0852. The first kappa shape index (κ1) is 36.3. The molecule has 0 saturated carbocycles. The van der Waals surface area contributed by atoms with E-state index in [4.69, 9.17) is 9.47 Å². The van der Waals surface area contributed by atoms with Gasteiger partial charge in [-0.3, -0.25) is 14.4 Å². The van der Waals surface area contributed by atoms with E-state index in [1.807, 2.05) is 0 Å². The third-order valence-corrected chi connectivity index (χ3v) is 8.62. The van der Waals surface area contributed by atoms with Gasteiger partial charge in [0.2, 0.25) is 5.91 Å². The SMILES string of the molecule is CC(=O)OCC(O)(COC(C)=O)c1ccc([C@@H]2[C@@H](CC[C@H](O)c3ccc(F)cc3)C(=O)N2c2ccc(OS(=O)(=O)C(F)(F)F)cc2)cc1. The summed E-state index contributed by atoms with van der Waals surface area (Å²) >= 11 is 0. The number of carbonyl (C=O) groups is 3. The van der Waals surface area contributed by atoms with Gasteiger partial charge in [0.25, 0.3) is 0 Å². The molecule has 0 radical (unpaired) electrons. The first-order chi connectivity index (χ1) is 22.4. The Morgan fingerprint density at radius 3 is 1.94 bits per heavy atom. The molecule has 0 aliphatic carbocycles. The molecule has 2 N–H and O–H groups in total.